The summed E-state index contributed by atoms with van der Waals surface area (Å²) in [6, 6.07) is 7.22. The van der Waals surface area contributed by atoms with E-state index in [9.17, 15) is 14.4 Å². The number of carbonyl (C=O) groups is 3. The number of hydrogen-bond donors (Lipinski definition) is 1. The molecular formula is C16H18N2O4. The molecule has 1 unspecified atom stereocenters. The van der Waals surface area contributed by atoms with E-state index in [4.69, 9.17) is 4.74 Å². The Morgan fingerprint density at radius 2 is 1.91 bits per heavy atom. The van der Waals surface area contributed by atoms with Gasteiger partial charge in [0.15, 0.2) is 0 Å². The summed E-state index contributed by atoms with van der Waals surface area (Å²) in [4.78, 5) is 37.8. The van der Waals surface area contributed by atoms with Crippen molar-refractivity contribution in [3.8, 4) is 0 Å². The quantitative estimate of drug-likeness (QED) is 0.867. The lowest BCUT2D eigenvalue weighted by atomic mass is 10.0. The predicted molar refractivity (Wildman–Crippen MR) is 79.9 cm³/mol. The van der Waals surface area contributed by atoms with Gasteiger partial charge in [-0.3, -0.25) is 9.69 Å². The summed E-state index contributed by atoms with van der Waals surface area (Å²) in [5, 5.41) is 2.54. The highest BCUT2D eigenvalue weighted by molar-refractivity contribution is 6.07. The summed E-state index contributed by atoms with van der Waals surface area (Å²) in [6.45, 7) is 5.18. The zero-order valence-corrected chi connectivity index (χ0v) is 12.8. The second-order valence-electron chi connectivity index (χ2n) is 4.91. The Kier molecular flexibility index (Phi) is 4.60. The first kappa shape index (κ1) is 15.8. The fourth-order valence-electron chi connectivity index (χ4n) is 2.43. The summed E-state index contributed by atoms with van der Waals surface area (Å²) in [5.41, 5.74) is 1.08. The molecule has 0 aliphatic carbocycles. The smallest absolute Gasteiger partial charge is 0.337 e. The van der Waals surface area contributed by atoms with E-state index in [2.05, 4.69) is 5.32 Å². The molecule has 1 aliphatic rings. The van der Waals surface area contributed by atoms with E-state index in [0.29, 0.717) is 11.3 Å². The third-order valence-corrected chi connectivity index (χ3v) is 3.46. The molecule has 0 fully saturated rings. The average molecular weight is 302 g/mol. The average Bonchev–Trinajstić information content (AvgIpc) is 2.47. The molecule has 2 rings (SSSR count). The first-order valence-corrected chi connectivity index (χ1v) is 7.04. The molecule has 1 N–H and O–H groups in total. The van der Waals surface area contributed by atoms with Crippen molar-refractivity contribution in [1.29, 1.82) is 0 Å². The van der Waals surface area contributed by atoms with Gasteiger partial charge in [-0.15, -0.1) is 0 Å². The van der Waals surface area contributed by atoms with Gasteiger partial charge in [0, 0.05) is 11.3 Å². The molecule has 3 amide bonds. The van der Waals surface area contributed by atoms with Crippen LogP contribution in [0.3, 0.4) is 0 Å². The maximum absolute atomic E-state index is 12.5. The van der Waals surface area contributed by atoms with Crippen molar-refractivity contribution in [3.63, 3.8) is 0 Å². The topological polar surface area (TPSA) is 75.7 Å². The molecule has 1 heterocycles. The number of rotatable bonds is 3. The molecule has 1 aromatic rings. The lowest BCUT2D eigenvalue weighted by Crippen LogP contribution is -2.54. The number of urea groups is 1. The van der Waals surface area contributed by atoms with Gasteiger partial charge in [-0.1, -0.05) is 18.2 Å². The summed E-state index contributed by atoms with van der Waals surface area (Å²) in [5.74, 6) is -0.988. The standard InChI is InChI=1S/C16H18N2O4/c1-4-22-15(20)13-10(2)17-16(21)18(11(13)3)14(19)12-8-6-5-7-9-12/h5-9,11H,4H2,1-3H3,(H,17,21). The fourth-order valence-corrected chi connectivity index (χ4v) is 2.43. The van der Waals surface area contributed by atoms with Crippen LogP contribution in [0.15, 0.2) is 41.6 Å². The Hall–Kier alpha value is -2.63. The van der Waals surface area contributed by atoms with Gasteiger partial charge in [0.05, 0.1) is 18.2 Å². The van der Waals surface area contributed by atoms with Crippen molar-refractivity contribution >= 4 is 17.9 Å². The number of hydrogen-bond acceptors (Lipinski definition) is 4. The van der Waals surface area contributed by atoms with E-state index in [0.717, 1.165) is 4.90 Å². The van der Waals surface area contributed by atoms with E-state index in [1.165, 1.54) is 0 Å². The fraction of sp³-hybridized carbons (Fsp3) is 0.312. The molecule has 0 spiro atoms. The van der Waals surface area contributed by atoms with Gasteiger partial charge in [-0.05, 0) is 32.9 Å². The second-order valence-corrected chi connectivity index (χ2v) is 4.91. The van der Waals surface area contributed by atoms with Crippen molar-refractivity contribution in [2.75, 3.05) is 6.61 Å². The molecule has 1 aliphatic heterocycles. The minimum absolute atomic E-state index is 0.225. The predicted octanol–water partition coefficient (Wildman–Crippen LogP) is 2.08. The number of carbonyl (C=O) groups excluding carboxylic acids is 3. The second kappa shape index (κ2) is 6.43. The summed E-state index contributed by atoms with van der Waals surface area (Å²) in [6.07, 6.45) is 0. The van der Waals surface area contributed by atoms with Crippen molar-refractivity contribution in [2.24, 2.45) is 0 Å². The van der Waals surface area contributed by atoms with Gasteiger partial charge < -0.3 is 10.1 Å². The molecule has 1 aromatic carbocycles. The molecular weight excluding hydrogens is 284 g/mol. The molecule has 0 saturated carbocycles. The maximum Gasteiger partial charge on any atom is 0.337 e. The van der Waals surface area contributed by atoms with Crippen LogP contribution in [-0.4, -0.2) is 35.5 Å². The Morgan fingerprint density at radius 3 is 2.50 bits per heavy atom. The van der Waals surface area contributed by atoms with E-state index in [-0.39, 0.29) is 12.2 Å². The first-order chi connectivity index (χ1) is 10.5. The van der Waals surface area contributed by atoms with E-state index >= 15 is 0 Å². The van der Waals surface area contributed by atoms with Crippen molar-refractivity contribution < 1.29 is 19.1 Å². The van der Waals surface area contributed by atoms with Gasteiger partial charge in [-0.2, -0.15) is 0 Å². The van der Waals surface area contributed by atoms with Gasteiger partial charge in [0.25, 0.3) is 5.91 Å². The lowest BCUT2D eigenvalue weighted by molar-refractivity contribution is -0.139. The monoisotopic (exact) mass is 302 g/mol. The van der Waals surface area contributed by atoms with Crippen molar-refractivity contribution in [1.82, 2.24) is 10.2 Å². The minimum atomic E-state index is -0.694. The van der Waals surface area contributed by atoms with Crippen LogP contribution in [0.25, 0.3) is 0 Å². The van der Waals surface area contributed by atoms with Crippen molar-refractivity contribution in [2.45, 2.75) is 26.8 Å². The number of amides is 3. The summed E-state index contributed by atoms with van der Waals surface area (Å²) < 4.78 is 5.01. The van der Waals surface area contributed by atoms with Crippen LogP contribution in [-0.2, 0) is 9.53 Å². The maximum atomic E-state index is 12.5. The van der Waals surface area contributed by atoms with Crippen LogP contribution in [0, 0.1) is 0 Å². The van der Waals surface area contributed by atoms with E-state index in [1.54, 1.807) is 51.1 Å². The van der Waals surface area contributed by atoms with Crippen LogP contribution in [0.1, 0.15) is 31.1 Å². The van der Waals surface area contributed by atoms with Crippen LogP contribution < -0.4 is 5.32 Å². The van der Waals surface area contributed by atoms with Crippen LogP contribution in [0.4, 0.5) is 4.79 Å². The molecule has 0 aromatic heterocycles. The van der Waals surface area contributed by atoms with Gasteiger partial charge in [0.1, 0.15) is 0 Å². The minimum Gasteiger partial charge on any atom is -0.463 e. The summed E-state index contributed by atoms with van der Waals surface area (Å²) >= 11 is 0. The first-order valence-electron chi connectivity index (χ1n) is 7.04. The Balaban J connectivity index is 2.36. The SMILES string of the molecule is CCOC(=O)C1=C(C)NC(=O)N(C(=O)c2ccccc2)C1C. The number of esters is 1. The van der Waals surface area contributed by atoms with Crippen LogP contribution in [0.5, 0.6) is 0 Å². The molecule has 22 heavy (non-hydrogen) atoms. The Labute approximate surface area is 128 Å². The van der Waals surface area contributed by atoms with Gasteiger partial charge >= 0.3 is 12.0 Å². The molecule has 1 atom stereocenters. The number of imide groups is 1. The third-order valence-electron chi connectivity index (χ3n) is 3.46. The number of benzene rings is 1. The number of nitrogens with one attached hydrogen (secondary N) is 1. The molecule has 0 bridgehead atoms. The van der Waals surface area contributed by atoms with Crippen molar-refractivity contribution in [3.05, 3.63) is 47.2 Å². The molecule has 6 heteroatoms. The van der Waals surface area contributed by atoms with E-state index < -0.39 is 23.9 Å². The molecule has 0 radical (unpaired) electrons. The number of ether oxygens (including phenoxy) is 1. The largest absolute Gasteiger partial charge is 0.463 e. The highest BCUT2D eigenvalue weighted by Crippen LogP contribution is 2.22. The zero-order chi connectivity index (χ0) is 16.3. The Bertz CT molecular complexity index is 637. The third kappa shape index (κ3) is 2.86. The normalized spacial score (nSPS) is 18.0. The molecule has 6 nitrogen and oxygen atoms in total. The molecule has 116 valence electrons. The number of allylic oxidation sites excluding steroid dienone is 1. The summed E-state index contributed by atoms with van der Waals surface area (Å²) in [7, 11) is 0. The highest BCUT2D eigenvalue weighted by Gasteiger charge is 2.38. The lowest BCUT2D eigenvalue weighted by Gasteiger charge is -2.33. The van der Waals surface area contributed by atoms with E-state index in [1.807, 2.05) is 0 Å². The van der Waals surface area contributed by atoms with Crippen LogP contribution in [0.2, 0.25) is 0 Å². The highest BCUT2D eigenvalue weighted by atomic mass is 16.5. The van der Waals surface area contributed by atoms with Gasteiger partial charge in [-0.25, -0.2) is 9.59 Å². The molecule has 0 saturated heterocycles. The number of nitrogens with zero attached hydrogens (tertiary/aromatic N) is 1. The van der Waals surface area contributed by atoms with Crippen LogP contribution >= 0.6 is 0 Å². The zero-order valence-electron chi connectivity index (χ0n) is 12.8. The van der Waals surface area contributed by atoms with Gasteiger partial charge in [0.2, 0.25) is 0 Å². The Morgan fingerprint density at radius 1 is 1.27 bits per heavy atom.